The molecule has 102 valence electrons. The summed E-state index contributed by atoms with van der Waals surface area (Å²) in [4.78, 5) is 2.37. The summed E-state index contributed by atoms with van der Waals surface area (Å²) in [7, 11) is 0. The van der Waals surface area contributed by atoms with Crippen molar-refractivity contribution < 1.29 is 4.39 Å². The molecular weight excluding hydrogens is 227 g/mol. The fraction of sp³-hybridized carbons (Fsp3) is 0.600. The molecule has 0 bridgehead atoms. The molecule has 0 amide bonds. The average Bonchev–Trinajstić information content (AvgIpc) is 2.30. The predicted molar refractivity (Wildman–Crippen MR) is 75.0 cm³/mol. The van der Waals surface area contributed by atoms with Gasteiger partial charge in [-0.05, 0) is 42.6 Å². The van der Waals surface area contributed by atoms with Gasteiger partial charge >= 0.3 is 0 Å². The molecule has 0 heterocycles. The van der Waals surface area contributed by atoms with Crippen LogP contribution in [-0.4, -0.2) is 24.5 Å². The summed E-state index contributed by atoms with van der Waals surface area (Å²) in [6.07, 6.45) is 0. The molecule has 0 aromatic heterocycles. The van der Waals surface area contributed by atoms with Crippen LogP contribution in [0.1, 0.15) is 37.9 Å². The summed E-state index contributed by atoms with van der Waals surface area (Å²) in [6, 6.07) is 5.15. The predicted octanol–water partition coefficient (Wildman–Crippen LogP) is 3.11. The largest absolute Gasteiger partial charge is 0.329 e. The topological polar surface area (TPSA) is 29.3 Å². The Morgan fingerprint density at radius 2 is 2.00 bits per heavy atom. The van der Waals surface area contributed by atoms with Crippen LogP contribution in [-0.2, 0) is 0 Å². The van der Waals surface area contributed by atoms with Gasteiger partial charge in [0.1, 0.15) is 5.82 Å². The van der Waals surface area contributed by atoms with E-state index in [2.05, 4.69) is 25.7 Å². The number of rotatable bonds is 6. The first-order chi connectivity index (χ1) is 8.49. The van der Waals surface area contributed by atoms with E-state index in [9.17, 15) is 4.39 Å². The number of benzene rings is 1. The second kappa shape index (κ2) is 6.86. The van der Waals surface area contributed by atoms with Crippen molar-refractivity contribution in [2.45, 2.75) is 33.7 Å². The molecule has 0 radical (unpaired) electrons. The highest BCUT2D eigenvalue weighted by Gasteiger charge is 2.20. The van der Waals surface area contributed by atoms with E-state index < -0.39 is 0 Å². The highest BCUT2D eigenvalue weighted by molar-refractivity contribution is 5.30. The molecule has 0 aliphatic carbocycles. The lowest BCUT2D eigenvalue weighted by Gasteiger charge is -2.32. The minimum absolute atomic E-state index is 0.179. The molecule has 0 saturated heterocycles. The lowest BCUT2D eigenvalue weighted by molar-refractivity contribution is 0.188. The standard InChI is InChI=1S/C15H25FN2/c1-5-18(10-11(2)3)15(9-17)14-7-6-13(16)8-12(14)4/h6-8,11,15H,5,9-10,17H2,1-4H3. The summed E-state index contributed by atoms with van der Waals surface area (Å²) < 4.78 is 13.2. The van der Waals surface area contributed by atoms with Crippen molar-refractivity contribution >= 4 is 0 Å². The number of hydrogen-bond donors (Lipinski definition) is 1. The molecule has 1 rings (SSSR count). The Hall–Kier alpha value is -0.930. The van der Waals surface area contributed by atoms with Crippen LogP contribution in [0.5, 0.6) is 0 Å². The lowest BCUT2D eigenvalue weighted by atomic mass is 9.99. The van der Waals surface area contributed by atoms with Crippen LogP contribution < -0.4 is 5.73 Å². The highest BCUT2D eigenvalue weighted by Crippen LogP contribution is 2.24. The van der Waals surface area contributed by atoms with Gasteiger partial charge in [-0.3, -0.25) is 4.90 Å². The van der Waals surface area contributed by atoms with E-state index in [1.807, 2.05) is 13.0 Å². The van der Waals surface area contributed by atoms with E-state index in [0.717, 1.165) is 24.2 Å². The fourth-order valence-corrected chi connectivity index (χ4v) is 2.43. The SMILES string of the molecule is CCN(CC(C)C)C(CN)c1ccc(F)cc1C. The second-order valence-corrected chi connectivity index (χ2v) is 5.23. The Balaban J connectivity index is 2.99. The Morgan fingerprint density at radius 3 is 2.44 bits per heavy atom. The van der Waals surface area contributed by atoms with Crippen molar-refractivity contribution in [1.29, 1.82) is 0 Å². The molecule has 2 N–H and O–H groups in total. The van der Waals surface area contributed by atoms with E-state index in [-0.39, 0.29) is 11.9 Å². The monoisotopic (exact) mass is 252 g/mol. The van der Waals surface area contributed by atoms with Gasteiger partial charge in [0, 0.05) is 19.1 Å². The molecule has 0 fully saturated rings. The van der Waals surface area contributed by atoms with Crippen LogP contribution in [0, 0.1) is 18.7 Å². The van der Waals surface area contributed by atoms with Crippen LogP contribution in [0.4, 0.5) is 4.39 Å². The average molecular weight is 252 g/mol. The fourth-order valence-electron chi connectivity index (χ4n) is 2.43. The third-order valence-electron chi connectivity index (χ3n) is 3.26. The maximum absolute atomic E-state index is 13.2. The molecular formula is C15H25FN2. The third kappa shape index (κ3) is 3.79. The van der Waals surface area contributed by atoms with E-state index in [1.54, 1.807) is 6.07 Å². The van der Waals surface area contributed by atoms with E-state index in [0.29, 0.717) is 12.5 Å². The summed E-state index contributed by atoms with van der Waals surface area (Å²) in [5.74, 6) is 0.415. The lowest BCUT2D eigenvalue weighted by Crippen LogP contribution is -2.36. The van der Waals surface area contributed by atoms with E-state index >= 15 is 0 Å². The van der Waals surface area contributed by atoms with Gasteiger partial charge < -0.3 is 5.73 Å². The molecule has 1 atom stereocenters. The zero-order chi connectivity index (χ0) is 13.7. The van der Waals surface area contributed by atoms with Gasteiger partial charge in [-0.25, -0.2) is 4.39 Å². The second-order valence-electron chi connectivity index (χ2n) is 5.23. The maximum atomic E-state index is 13.2. The Bertz CT molecular complexity index is 377. The van der Waals surface area contributed by atoms with Crippen molar-refractivity contribution in [3.05, 3.63) is 35.1 Å². The van der Waals surface area contributed by atoms with Gasteiger partial charge in [-0.15, -0.1) is 0 Å². The maximum Gasteiger partial charge on any atom is 0.123 e. The first-order valence-corrected chi connectivity index (χ1v) is 6.69. The van der Waals surface area contributed by atoms with Crippen LogP contribution in [0.3, 0.4) is 0 Å². The first-order valence-electron chi connectivity index (χ1n) is 6.69. The van der Waals surface area contributed by atoms with Gasteiger partial charge in [-0.1, -0.05) is 26.8 Å². The number of halogens is 1. The number of hydrogen-bond acceptors (Lipinski definition) is 2. The van der Waals surface area contributed by atoms with Crippen LogP contribution in [0.2, 0.25) is 0 Å². The molecule has 0 aliphatic heterocycles. The molecule has 18 heavy (non-hydrogen) atoms. The van der Waals surface area contributed by atoms with Gasteiger partial charge in [0.25, 0.3) is 0 Å². The number of nitrogens with zero attached hydrogens (tertiary/aromatic N) is 1. The number of nitrogens with two attached hydrogens (primary N) is 1. The molecule has 1 aromatic carbocycles. The van der Waals surface area contributed by atoms with Crippen LogP contribution in [0.25, 0.3) is 0 Å². The summed E-state index contributed by atoms with van der Waals surface area (Å²) in [5.41, 5.74) is 8.05. The molecule has 1 unspecified atom stereocenters. The Morgan fingerprint density at radius 1 is 1.33 bits per heavy atom. The summed E-state index contributed by atoms with van der Waals surface area (Å²) >= 11 is 0. The molecule has 3 heteroatoms. The van der Waals surface area contributed by atoms with Crippen molar-refractivity contribution in [3.8, 4) is 0 Å². The van der Waals surface area contributed by atoms with Crippen molar-refractivity contribution in [2.75, 3.05) is 19.6 Å². The number of likely N-dealkylation sites (N-methyl/N-ethyl adjacent to an activating group) is 1. The molecule has 0 saturated carbocycles. The van der Waals surface area contributed by atoms with Gasteiger partial charge in [0.05, 0.1) is 0 Å². The minimum atomic E-state index is -0.182. The van der Waals surface area contributed by atoms with Crippen LogP contribution in [0.15, 0.2) is 18.2 Å². The Kier molecular flexibility index (Phi) is 5.76. The zero-order valence-electron chi connectivity index (χ0n) is 11.9. The molecule has 0 aliphatic rings. The third-order valence-corrected chi connectivity index (χ3v) is 3.26. The minimum Gasteiger partial charge on any atom is -0.329 e. The molecule has 1 aromatic rings. The molecule has 0 spiro atoms. The quantitative estimate of drug-likeness (QED) is 0.843. The smallest absolute Gasteiger partial charge is 0.123 e. The van der Waals surface area contributed by atoms with Crippen molar-refractivity contribution in [2.24, 2.45) is 11.7 Å². The summed E-state index contributed by atoms with van der Waals surface area (Å²) in [5, 5.41) is 0. The normalized spacial score (nSPS) is 13.3. The van der Waals surface area contributed by atoms with Gasteiger partial charge in [0.2, 0.25) is 0 Å². The van der Waals surface area contributed by atoms with Crippen molar-refractivity contribution in [3.63, 3.8) is 0 Å². The molecule has 2 nitrogen and oxygen atoms in total. The summed E-state index contributed by atoms with van der Waals surface area (Å²) in [6.45, 7) is 11.0. The highest BCUT2D eigenvalue weighted by atomic mass is 19.1. The first kappa shape index (κ1) is 15.1. The van der Waals surface area contributed by atoms with Crippen molar-refractivity contribution in [1.82, 2.24) is 4.90 Å². The Labute approximate surface area is 110 Å². The van der Waals surface area contributed by atoms with E-state index in [1.165, 1.54) is 6.07 Å². The van der Waals surface area contributed by atoms with E-state index in [4.69, 9.17) is 5.73 Å². The number of aryl methyl sites for hydroxylation is 1. The van der Waals surface area contributed by atoms with Crippen LogP contribution >= 0.6 is 0 Å². The van der Waals surface area contributed by atoms with Gasteiger partial charge in [-0.2, -0.15) is 0 Å². The van der Waals surface area contributed by atoms with Gasteiger partial charge in [0.15, 0.2) is 0 Å². The zero-order valence-corrected chi connectivity index (χ0v) is 11.9.